The monoisotopic (exact) mass is 290 g/mol. The first-order chi connectivity index (χ1) is 9.45. The van der Waals surface area contributed by atoms with Gasteiger partial charge in [0.05, 0.1) is 0 Å². The van der Waals surface area contributed by atoms with Crippen LogP contribution in [0.1, 0.15) is 50.7 Å². The molecule has 0 bridgehead atoms. The van der Waals surface area contributed by atoms with Gasteiger partial charge in [-0.1, -0.05) is 44.7 Å². The number of aromatic hydroxyl groups is 1. The second-order valence-electron chi connectivity index (χ2n) is 4.80. The van der Waals surface area contributed by atoms with Crippen LogP contribution in [0.3, 0.4) is 0 Å². The van der Waals surface area contributed by atoms with Crippen molar-refractivity contribution in [1.82, 2.24) is 0 Å². The first kappa shape index (κ1) is 16.8. The third-order valence-corrected chi connectivity index (χ3v) is 3.03. The first-order valence-electron chi connectivity index (χ1n) is 6.92. The summed E-state index contributed by atoms with van der Waals surface area (Å²) in [6.45, 7) is 2.18. The molecule has 1 aromatic rings. The quantitative estimate of drug-likeness (QED) is 0.684. The lowest BCUT2D eigenvalue weighted by Gasteiger charge is -2.21. The van der Waals surface area contributed by atoms with Crippen LogP contribution in [0.15, 0.2) is 24.3 Å². The van der Waals surface area contributed by atoms with E-state index in [4.69, 9.17) is 9.84 Å². The topological polar surface area (TPSA) is 29.5 Å². The fourth-order valence-corrected chi connectivity index (χ4v) is 1.94. The van der Waals surface area contributed by atoms with Gasteiger partial charge < -0.3 is 9.84 Å². The van der Waals surface area contributed by atoms with Gasteiger partial charge in [0.25, 0.3) is 0 Å². The molecule has 0 fully saturated rings. The van der Waals surface area contributed by atoms with Crippen molar-refractivity contribution < 1.29 is 23.0 Å². The van der Waals surface area contributed by atoms with Crippen molar-refractivity contribution in [2.45, 2.75) is 51.3 Å². The third-order valence-electron chi connectivity index (χ3n) is 3.03. The van der Waals surface area contributed by atoms with E-state index in [-0.39, 0.29) is 17.9 Å². The Kier molecular flexibility index (Phi) is 6.85. The Balaban J connectivity index is 2.51. The normalized spacial score (nSPS) is 13.4. The van der Waals surface area contributed by atoms with E-state index in [9.17, 15) is 13.2 Å². The number of benzene rings is 1. The average molecular weight is 290 g/mol. The highest BCUT2D eigenvalue weighted by Gasteiger charge is 2.41. The number of unbranched alkanes of at least 4 members (excludes halogenated alkanes) is 4. The first-order valence-corrected chi connectivity index (χ1v) is 6.92. The smallest absolute Gasteiger partial charge is 0.418 e. The van der Waals surface area contributed by atoms with E-state index in [1.807, 2.05) is 0 Å². The number of halogens is 3. The van der Waals surface area contributed by atoms with Crippen LogP contribution in [0.5, 0.6) is 5.75 Å². The molecule has 0 saturated heterocycles. The fraction of sp³-hybridized carbons (Fsp3) is 0.600. The van der Waals surface area contributed by atoms with E-state index in [0.29, 0.717) is 6.42 Å². The molecule has 1 N–H and O–H groups in total. The molecule has 0 aliphatic carbocycles. The summed E-state index contributed by atoms with van der Waals surface area (Å²) in [5, 5.41) is 9.12. The minimum Gasteiger partial charge on any atom is -0.508 e. The summed E-state index contributed by atoms with van der Waals surface area (Å²) in [4.78, 5) is 0. The highest BCUT2D eigenvalue weighted by molar-refractivity contribution is 5.28. The van der Waals surface area contributed by atoms with Crippen LogP contribution in [0, 0.1) is 0 Å². The number of hydrogen-bond acceptors (Lipinski definition) is 2. The molecule has 1 aromatic carbocycles. The van der Waals surface area contributed by atoms with Crippen LogP contribution in [0.4, 0.5) is 13.2 Å². The summed E-state index contributed by atoms with van der Waals surface area (Å²) in [5.74, 6) is -0.0609. The third kappa shape index (κ3) is 5.82. The number of phenols is 1. The van der Waals surface area contributed by atoms with E-state index in [1.165, 1.54) is 24.3 Å². The number of alkyl halides is 3. The van der Waals surface area contributed by atoms with Gasteiger partial charge in [0, 0.05) is 6.61 Å². The second-order valence-corrected chi connectivity index (χ2v) is 4.80. The summed E-state index contributed by atoms with van der Waals surface area (Å²) < 4.78 is 43.9. The Labute approximate surface area is 117 Å². The zero-order valence-electron chi connectivity index (χ0n) is 11.6. The van der Waals surface area contributed by atoms with Crippen LogP contribution in [0.25, 0.3) is 0 Å². The highest BCUT2D eigenvalue weighted by atomic mass is 19.4. The summed E-state index contributed by atoms with van der Waals surface area (Å²) in [5.41, 5.74) is 0.0175. The van der Waals surface area contributed by atoms with Crippen LogP contribution < -0.4 is 0 Å². The molecule has 114 valence electrons. The molecule has 0 amide bonds. The minimum atomic E-state index is -4.44. The van der Waals surface area contributed by atoms with Crippen molar-refractivity contribution in [2.24, 2.45) is 0 Å². The van der Waals surface area contributed by atoms with Gasteiger partial charge in [-0.3, -0.25) is 0 Å². The molecular formula is C15H21F3O2. The molecule has 0 aromatic heterocycles. The van der Waals surface area contributed by atoms with E-state index in [2.05, 4.69) is 6.92 Å². The van der Waals surface area contributed by atoms with Crippen molar-refractivity contribution in [3.63, 3.8) is 0 Å². The maximum atomic E-state index is 12.9. The van der Waals surface area contributed by atoms with Gasteiger partial charge >= 0.3 is 6.18 Å². The van der Waals surface area contributed by atoms with Gasteiger partial charge in [-0.05, 0) is 24.1 Å². The lowest BCUT2D eigenvalue weighted by Crippen LogP contribution is -2.24. The molecule has 0 spiro atoms. The standard InChI is InChI=1S/C15H21F3O2/c1-2-3-4-5-6-11-20-14(15(16,17)18)12-7-9-13(19)10-8-12/h7-10,14,19H,2-6,11H2,1H3. The van der Waals surface area contributed by atoms with Crippen LogP contribution in [-0.2, 0) is 4.74 Å². The van der Waals surface area contributed by atoms with Crippen LogP contribution in [0.2, 0.25) is 0 Å². The molecule has 0 heterocycles. The Morgan fingerprint density at radius 2 is 1.65 bits per heavy atom. The predicted molar refractivity (Wildman–Crippen MR) is 71.6 cm³/mol. The molecule has 2 nitrogen and oxygen atoms in total. The Bertz CT molecular complexity index is 374. The molecule has 0 aliphatic rings. The largest absolute Gasteiger partial charge is 0.508 e. The number of hydrogen-bond donors (Lipinski definition) is 1. The molecule has 1 unspecified atom stereocenters. The molecule has 20 heavy (non-hydrogen) atoms. The molecule has 0 radical (unpaired) electrons. The van der Waals surface area contributed by atoms with Crippen molar-refractivity contribution in [1.29, 1.82) is 0 Å². The van der Waals surface area contributed by atoms with Gasteiger partial charge in [0.1, 0.15) is 5.75 Å². The van der Waals surface area contributed by atoms with Crippen LogP contribution >= 0.6 is 0 Å². The van der Waals surface area contributed by atoms with Crippen molar-refractivity contribution in [2.75, 3.05) is 6.61 Å². The molecule has 5 heteroatoms. The summed E-state index contributed by atoms with van der Waals surface area (Å²) in [6.07, 6.45) is -1.64. The van der Waals surface area contributed by atoms with Crippen molar-refractivity contribution in [3.05, 3.63) is 29.8 Å². The zero-order valence-corrected chi connectivity index (χ0v) is 11.6. The van der Waals surface area contributed by atoms with Gasteiger partial charge in [0.2, 0.25) is 0 Å². The maximum absolute atomic E-state index is 12.9. The zero-order chi connectivity index (χ0) is 15.0. The lowest BCUT2D eigenvalue weighted by atomic mass is 10.1. The molecule has 1 rings (SSSR count). The van der Waals surface area contributed by atoms with E-state index < -0.39 is 12.3 Å². The molecule has 0 aliphatic heterocycles. The second kappa shape index (κ2) is 8.15. The summed E-state index contributed by atoms with van der Waals surface area (Å²) in [7, 11) is 0. The molecule has 1 atom stereocenters. The van der Waals surface area contributed by atoms with Gasteiger partial charge in [-0.2, -0.15) is 13.2 Å². The van der Waals surface area contributed by atoms with Gasteiger partial charge in [0.15, 0.2) is 6.10 Å². The van der Waals surface area contributed by atoms with E-state index >= 15 is 0 Å². The fourth-order valence-electron chi connectivity index (χ4n) is 1.94. The van der Waals surface area contributed by atoms with Gasteiger partial charge in [-0.25, -0.2) is 0 Å². The molecule has 0 saturated carbocycles. The van der Waals surface area contributed by atoms with Crippen molar-refractivity contribution >= 4 is 0 Å². The number of phenolic OH excluding ortho intramolecular Hbond substituents is 1. The lowest BCUT2D eigenvalue weighted by molar-refractivity contribution is -0.224. The Morgan fingerprint density at radius 1 is 1.05 bits per heavy atom. The summed E-state index contributed by atoms with van der Waals surface area (Å²) >= 11 is 0. The SMILES string of the molecule is CCCCCCCOC(c1ccc(O)cc1)C(F)(F)F. The Hall–Kier alpha value is -1.23. The van der Waals surface area contributed by atoms with E-state index in [1.54, 1.807) is 0 Å². The predicted octanol–water partition coefficient (Wildman–Crippen LogP) is 4.98. The maximum Gasteiger partial charge on any atom is 0.418 e. The van der Waals surface area contributed by atoms with E-state index in [0.717, 1.165) is 25.7 Å². The average Bonchev–Trinajstić information content (AvgIpc) is 2.38. The van der Waals surface area contributed by atoms with Crippen LogP contribution in [-0.4, -0.2) is 17.9 Å². The number of rotatable bonds is 8. The highest BCUT2D eigenvalue weighted by Crippen LogP contribution is 2.36. The summed E-state index contributed by atoms with van der Waals surface area (Å²) in [6, 6.07) is 4.95. The van der Waals surface area contributed by atoms with Gasteiger partial charge in [-0.15, -0.1) is 0 Å². The Morgan fingerprint density at radius 3 is 2.20 bits per heavy atom. The molecular weight excluding hydrogens is 269 g/mol. The van der Waals surface area contributed by atoms with Crippen molar-refractivity contribution in [3.8, 4) is 5.75 Å². The minimum absolute atomic E-state index is 0.0175. The number of ether oxygens (including phenoxy) is 1.